The Morgan fingerprint density at radius 3 is 0.903 bits per heavy atom. The highest BCUT2D eigenvalue weighted by atomic mass is 16.6. The molecule has 0 N–H and O–H groups in total. The molecule has 534 valence electrons. The number of esters is 6. The summed E-state index contributed by atoms with van der Waals surface area (Å²) in [5.74, 6) is 10.1. The van der Waals surface area contributed by atoms with Crippen molar-refractivity contribution >= 4 is 35.8 Å². The topological polar surface area (TPSA) is 158 Å². The maximum absolute atomic E-state index is 13.5. The minimum absolute atomic E-state index is 0. The van der Waals surface area contributed by atoms with Crippen molar-refractivity contribution < 1.29 is 57.2 Å². The molecule has 13 unspecified atom stereocenters. The van der Waals surface area contributed by atoms with Gasteiger partial charge in [0.05, 0.1) is 34.5 Å². The van der Waals surface area contributed by atoms with Crippen molar-refractivity contribution in [2.45, 2.75) is 336 Å². The summed E-state index contributed by atoms with van der Waals surface area (Å²) in [5.41, 5.74) is -1.64. The summed E-state index contributed by atoms with van der Waals surface area (Å²) in [6.45, 7) is 22.5. The lowest BCUT2D eigenvalue weighted by Crippen LogP contribution is -2.60. The molecule has 12 heteroatoms. The molecule has 0 spiro atoms. The Morgan fingerprint density at radius 1 is 0.366 bits per heavy atom. The van der Waals surface area contributed by atoms with Crippen molar-refractivity contribution in [1.29, 1.82) is 0 Å². The Balaban J connectivity index is 0.000000192. The molecule has 0 radical (unpaired) electrons. The average Bonchev–Trinajstić information content (AvgIpc) is 1.36. The second-order valence-corrected chi connectivity index (χ2v) is 35.0. The van der Waals surface area contributed by atoms with Gasteiger partial charge >= 0.3 is 35.8 Å². The molecule has 18 aliphatic carbocycles. The largest absolute Gasteiger partial charge is 0.462 e. The van der Waals surface area contributed by atoms with Crippen molar-refractivity contribution in [1.82, 2.24) is 0 Å². The van der Waals surface area contributed by atoms with Crippen LogP contribution in [-0.4, -0.2) is 70.9 Å². The van der Waals surface area contributed by atoms with E-state index in [4.69, 9.17) is 28.4 Å². The van der Waals surface area contributed by atoms with Crippen molar-refractivity contribution in [3.05, 3.63) is 0 Å². The Kier molecular flexibility index (Phi) is 24.0. The Labute approximate surface area is 567 Å². The summed E-state index contributed by atoms with van der Waals surface area (Å²) in [7, 11) is 0. The van der Waals surface area contributed by atoms with Crippen molar-refractivity contribution in [2.24, 2.45) is 141 Å². The van der Waals surface area contributed by atoms with Gasteiger partial charge in [-0.3, -0.25) is 28.8 Å². The monoisotopic (exact) mass is 1300 g/mol. The van der Waals surface area contributed by atoms with Gasteiger partial charge in [0, 0.05) is 17.8 Å². The molecule has 18 fully saturated rings. The van der Waals surface area contributed by atoms with Gasteiger partial charge in [-0.05, 0) is 310 Å². The predicted octanol–water partition coefficient (Wildman–Crippen LogP) is 19.2. The van der Waals surface area contributed by atoms with Crippen LogP contribution in [0.2, 0.25) is 0 Å². The zero-order valence-electron chi connectivity index (χ0n) is 55.6. The van der Waals surface area contributed by atoms with Crippen molar-refractivity contribution in [3.63, 3.8) is 0 Å². The highest BCUT2D eigenvalue weighted by Gasteiger charge is 2.64. The van der Waals surface area contributed by atoms with Gasteiger partial charge in [-0.25, -0.2) is 0 Å². The van der Waals surface area contributed by atoms with Gasteiger partial charge < -0.3 is 28.4 Å². The molecular formula is C81H138O12. The van der Waals surface area contributed by atoms with E-state index in [9.17, 15) is 28.8 Å². The molecule has 13 atom stereocenters. The number of carbonyl (C=O) groups is 6. The van der Waals surface area contributed by atoms with Crippen LogP contribution in [0.25, 0.3) is 0 Å². The molecule has 0 amide bonds. The first-order chi connectivity index (χ1) is 41.3. The molecule has 93 heavy (non-hydrogen) atoms. The van der Waals surface area contributed by atoms with E-state index >= 15 is 0 Å². The molecule has 0 heterocycles. The van der Waals surface area contributed by atoms with E-state index in [1.54, 1.807) is 0 Å². The van der Waals surface area contributed by atoms with Crippen LogP contribution in [0.3, 0.4) is 0 Å². The first-order valence-corrected chi connectivity index (χ1v) is 36.6. The minimum Gasteiger partial charge on any atom is -0.462 e. The quantitative estimate of drug-likeness (QED) is 0.107. The SMILES string of the molecule is C.C.C.C.C.C.CCC(C)(C)C(=O)OC1CC2CC(C(=O)OC3(C)C4CC5CC(C4)CC3C5)C1C2.CCC(C)(C)C(=O)OC1CC2CC(C(=O)OC3(CC)C4CC5CC(C4)CC3C5)C1C2.CCC(C)C(=O)OC1CC2CC(C(=O)OC3(C)C4CC5CC(C4)CC3C5)C1C2. The maximum Gasteiger partial charge on any atom is 0.311 e. The Bertz CT molecular complexity index is 2530. The van der Waals surface area contributed by atoms with E-state index in [2.05, 4.69) is 20.8 Å². The van der Waals surface area contributed by atoms with Crippen LogP contribution in [0.5, 0.6) is 0 Å². The number of fused-ring (bicyclic) bond motifs is 6. The zero-order chi connectivity index (χ0) is 61.4. The molecule has 18 aliphatic rings. The highest BCUT2D eigenvalue weighted by molar-refractivity contribution is 5.78. The highest BCUT2D eigenvalue weighted by Crippen LogP contribution is 2.64. The Morgan fingerprint density at radius 2 is 0.634 bits per heavy atom. The van der Waals surface area contributed by atoms with Crippen LogP contribution < -0.4 is 0 Å². The van der Waals surface area contributed by atoms with Gasteiger partial charge in [0.15, 0.2) is 0 Å². The lowest BCUT2D eigenvalue weighted by Gasteiger charge is -2.60. The normalized spacial score (nSPS) is 44.5. The number of ether oxygens (including phenoxy) is 6. The van der Waals surface area contributed by atoms with Crippen molar-refractivity contribution in [3.8, 4) is 0 Å². The second kappa shape index (κ2) is 29.0. The number of hydrogen-bond acceptors (Lipinski definition) is 12. The molecule has 0 saturated heterocycles. The molecular weight excluding hydrogens is 1160 g/mol. The van der Waals surface area contributed by atoms with E-state index < -0.39 is 10.8 Å². The molecule has 12 nitrogen and oxygen atoms in total. The predicted molar refractivity (Wildman–Crippen MR) is 370 cm³/mol. The first kappa shape index (κ1) is 77.2. The molecule has 0 aromatic carbocycles. The van der Waals surface area contributed by atoms with E-state index in [1.807, 2.05) is 55.4 Å². The third kappa shape index (κ3) is 14.0. The van der Waals surface area contributed by atoms with Crippen LogP contribution in [0.15, 0.2) is 0 Å². The fourth-order valence-electron chi connectivity index (χ4n) is 23.6. The number of rotatable bonds is 16. The number of hydrogen-bond donors (Lipinski definition) is 0. The molecule has 0 aliphatic heterocycles. The van der Waals surface area contributed by atoms with E-state index in [0.717, 1.165) is 119 Å². The minimum atomic E-state index is -0.454. The van der Waals surface area contributed by atoms with Crippen LogP contribution in [-0.2, 0) is 57.2 Å². The van der Waals surface area contributed by atoms with Crippen LogP contribution in [0, 0.1) is 141 Å². The lowest BCUT2D eigenvalue weighted by molar-refractivity contribution is -0.217. The molecule has 18 saturated carbocycles. The maximum atomic E-state index is 13.5. The molecule has 0 aromatic heterocycles. The third-order valence-corrected chi connectivity index (χ3v) is 29.4. The third-order valence-electron chi connectivity index (χ3n) is 29.4. The van der Waals surface area contributed by atoms with E-state index in [1.165, 1.54) is 96.3 Å². The van der Waals surface area contributed by atoms with E-state index in [0.29, 0.717) is 53.3 Å². The van der Waals surface area contributed by atoms with Gasteiger partial charge in [0.25, 0.3) is 0 Å². The Hall–Kier alpha value is -3.18. The first-order valence-electron chi connectivity index (χ1n) is 36.6. The lowest BCUT2D eigenvalue weighted by atomic mass is 9.49. The van der Waals surface area contributed by atoms with Crippen LogP contribution >= 0.6 is 0 Å². The standard InChI is InChI=1S/C26H40O4.C25H38O4.C24H36O4.6CH4/c1-5-25(3,4)24(28)29-22-14-17-12-20(22)21(13-17)23(27)30-26(6-2)18-8-15-7-16(10-18)11-19(26)9-15;1-5-24(2,3)23(27)28-21-13-16-11-19(21)20(12-16)22(26)29-25(4)17-7-14-6-15(9-17)10-18(25)8-14;1-4-13(2)22(25)27-21-12-16-10-19(21)20(11-16)23(26)28-24(3)17-6-14-5-15(8-17)9-18(24)7-14;;;;;;/h15-22H,5-14H2,1-4H3;14-21H,5-13H2,1-4H3;13-21H,4-12H2,1-3H3;6*1H4. The molecule has 18 bridgehead atoms. The zero-order valence-corrected chi connectivity index (χ0v) is 55.6. The summed E-state index contributed by atoms with van der Waals surface area (Å²) in [5, 5.41) is 0. The van der Waals surface area contributed by atoms with E-state index in [-0.39, 0.29) is 157 Å². The fraction of sp³-hybridized carbons (Fsp3) is 0.926. The molecule has 18 rings (SSSR count). The van der Waals surface area contributed by atoms with Gasteiger partial charge in [-0.15, -0.1) is 0 Å². The van der Waals surface area contributed by atoms with Gasteiger partial charge in [0.2, 0.25) is 0 Å². The summed E-state index contributed by atoms with van der Waals surface area (Å²) < 4.78 is 37.1. The van der Waals surface area contributed by atoms with Gasteiger partial charge in [-0.1, -0.05) is 79.2 Å². The van der Waals surface area contributed by atoms with Crippen molar-refractivity contribution in [2.75, 3.05) is 0 Å². The van der Waals surface area contributed by atoms with Gasteiger partial charge in [-0.2, -0.15) is 0 Å². The summed E-state index contributed by atoms with van der Waals surface area (Å²) >= 11 is 0. The molecule has 0 aromatic rings. The summed E-state index contributed by atoms with van der Waals surface area (Å²) in [4.78, 5) is 77.7. The second-order valence-electron chi connectivity index (χ2n) is 35.0. The van der Waals surface area contributed by atoms with Crippen LogP contribution in [0.1, 0.15) is 301 Å². The fourth-order valence-corrected chi connectivity index (χ4v) is 23.6. The summed E-state index contributed by atoms with van der Waals surface area (Å²) in [6.07, 6.45) is 30.9. The summed E-state index contributed by atoms with van der Waals surface area (Å²) in [6, 6.07) is 0. The smallest absolute Gasteiger partial charge is 0.311 e. The van der Waals surface area contributed by atoms with Crippen LogP contribution in [0.4, 0.5) is 0 Å². The average molecular weight is 1300 g/mol. The number of carbonyl (C=O) groups excluding carboxylic acids is 6. The van der Waals surface area contributed by atoms with Gasteiger partial charge in [0.1, 0.15) is 35.1 Å².